The molecule has 0 bridgehead atoms. The summed E-state index contributed by atoms with van der Waals surface area (Å²) in [5.41, 5.74) is 1.02. The van der Waals surface area contributed by atoms with Gasteiger partial charge in [-0.1, -0.05) is 30.3 Å². The van der Waals surface area contributed by atoms with Crippen LogP contribution in [-0.4, -0.2) is 53.7 Å². The Morgan fingerprint density at radius 1 is 1.04 bits per heavy atom. The average Bonchev–Trinajstić information content (AvgIpc) is 3.23. The molecule has 2 aliphatic rings. The van der Waals surface area contributed by atoms with Crippen LogP contribution in [0.2, 0.25) is 0 Å². The highest BCUT2D eigenvalue weighted by molar-refractivity contribution is 5.92. The quantitative estimate of drug-likeness (QED) is 0.747. The molecule has 0 radical (unpaired) electrons. The lowest BCUT2D eigenvalue weighted by Gasteiger charge is -2.24. The Balaban J connectivity index is 1.53. The van der Waals surface area contributed by atoms with Crippen LogP contribution in [0.1, 0.15) is 44.1 Å². The molecular formula is C21H28N2O2. The average molecular weight is 340 g/mol. The number of amides is 1. The third kappa shape index (κ3) is 4.79. The van der Waals surface area contributed by atoms with Crippen molar-refractivity contribution in [3.63, 3.8) is 0 Å². The van der Waals surface area contributed by atoms with Gasteiger partial charge >= 0.3 is 0 Å². The van der Waals surface area contributed by atoms with Crippen molar-refractivity contribution >= 4 is 17.8 Å². The Bertz CT molecular complexity index is 626. The zero-order valence-electron chi connectivity index (χ0n) is 15.1. The molecule has 2 saturated heterocycles. The molecule has 2 atom stereocenters. The predicted octanol–water partition coefficient (Wildman–Crippen LogP) is 3.13. The summed E-state index contributed by atoms with van der Waals surface area (Å²) in [5, 5.41) is 0. The Morgan fingerprint density at radius 2 is 1.72 bits per heavy atom. The fourth-order valence-corrected chi connectivity index (χ4v) is 4.01. The summed E-state index contributed by atoms with van der Waals surface area (Å²) in [6, 6.07) is 10.3. The van der Waals surface area contributed by atoms with E-state index in [4.69, 9.17) is 0 Å². The van der Waals surface area contributed by atoms with E-state index in [9.17, 15) is 9.59 Å². The third-order valence-electron chi connectivity index (χ3n) is 5.48. The van der Waals surface area contributed by atoms with Crippen LogP contribution >= 0.6 is 0 Å². The molecule has 134 valence electrons. The maximum atomic E-state index is 12.5. The topological polar surface area (TPSA) is 40.6 Å². The molecule has 2 fully saturated rings. The summed E-state index contributed by atoms with van der Waals surface area (Å²) < 4.78 is 0. The first-order valence-corrected chi connectivity index (χ1v) is 9.39. The van der Waals surface area contributed by atoms with E-state index in [2.05, 4.69) is 11.9 Å². The highest BCUT2D eigenvalue weighted by Crippen LogP contribution is 2.24. The van der Waals surface area contributed by atoms with Crippen LogP contribution < -0.4 is 0 Å². The van der Waals surface area contributed by atoms with E-state index in [0.29, 0.717) is 24.7 Å². The van der Waals surface area contributed by atoms with Gasteiger partial charge in [-0.3, -0.25) is 9.59 Å². The molecule has 1 amide bonds. The molecule has 0 N–H and O–H groups in total. The van der Waals surface area contributed by atoms with Gasteiger partial charge in [0, 0.05) is 37.5 Å². The van der Waals surface area contributed by atoms with E-state index in [1.807, 2.05) is 41.3 Å². The van der Waals surface area contributed by atoms with Crippen LogP contribution in [0, 0.1) is 0 Å². The number of nitrogens with zero attached hydrogens (tertiary/aromatic N) is 2. The molecule has 0 unspecified atom stereocenters. The SMILES string of the molecule is CN1CCC[C@H]1CC(=O)C[C@@H]1CCCN1C(=O)/C=C/c1ccccc1. The molecule has 0 aromatic heterocycles. The van der Waals surface area contributed by atoms with Gasteiger partial charge < -0.3 is 9.80 Å². The molecule has 4 heteroatoms. The van der Waals surface area contributed by atoms with Crippen LogP contribution in [-0.2, 0) is 9.59 Å². The molecule has 3 rings (SSSR count). The summed E-state index contributed by atoms with van der Waals surface area (Å²) in [7, 11) is 2.10. The van der Waals surface area contributed by atoms with Crippen molar-refractivity contribution < 1.29 is 9.59 Å². The highest BCUT2D eigenvalue weighted by Gasteiger charge is 2.31. The molecular weight excluding hydrogens is 312 g/mol. The van der Waals surface area contributed by atoms with Crippen molar-refractivity contribution in [1.29, 1.82) is 0 Å². The number of likely N-dealkylation sites (tertiary alicyclic amines) is 2. The monoisotopic (exact) mass is 340 g/mol. The fraction of sp³-hybridized carbons (Fsp3) is 0.524. The Labute approximate surface area is 150 Å². The Kier molecular flexibility index (Phi) is 6.03. The van der Waals surface area contributed by atoms with Gasteiger partial charge in [0.1, 0.15) is 5.78 Å². The second-order valence-corrected chi connectivity index (χ2v) is 7.30. The first-order valence-electron chi connectivity index (χ1n) is 9.39. The van der Waals surface area contributed by atoms with Gasteiger partial charge in [-0.25, -0.2) is 0 Å². The number of ketones is 1. The van der Waals surface area contributed by atoms with Gasteiger partial charge in [-0.2, -0.15) is 0 Å². The highest BCUT2D eigenvalue weighted by atomic mass is 16.2. The second kappa shape index (κ2) is 8.43. The third-order valence-corrected chi connectivity index (χ3v) is 5.48. The zero-order chi connectivity index (χ0) is 17.6. The van der Waals surface area contributed by atoms with Crippen LogP contribution in [0.3, 0.4) is 0 Å². The van der Waals surface area contributed by atoms with Crippen LogP contribution in [0.15, 0.2) is 36.4 Å². The van der Waals surface area contributed by atoms with Crippen LogP contribution in [0.25, 0.3) is 6.08 Å². The second-order valence-electron chi connectivity index (χ2n) is 7.30. The number of benzene rings is 1. The van der Waals surface area contributed by atoms with Gasteiger partial charge in [-0.15, -0.1) is 0 Å². The normalized spacial score (nSPS) is 24.3. The molecule has 2 aliphatic heterocycles. The molecule has 0 aliphatic carbocycles. The molecule has 1 aromatic carbocycles. The lowest BCUT2D eigenvalue weighted by molar-refractivity contribution is -0.128. The Hall–Kier alpha value is -1.94. The summed E-state index contributed by atoms with van der Waals surface area (Å²) in [6.07, 6.45) is 8.88. The Morgan fingerprint density at radius 3 is 2.44 bits per heavy atom. The van der Waals surface area contributed by atoms with Crippen molar-refractivity contribution in [1.82, 2.24) is 9.80 Å². The first kappa shape index (κ1) is 17.9. The molecule has 0 spiro atoms. The molecule has 25 heavy (non-hydrogen) atoms. The minimum atomic E-state index is 0.0251. The predicted molar refractivity (Wildman–Crippen MR) is 100 cm³/mol. The maximum Gasteiger partial charge on any atom is 0.246 e. The van der Waals surface area contributed by atoms with Crippen molar-refractivity contribution in [2.75, 3.05) is 20.1 Å². The van der Waals surface area contributed by atoms with Gasteiger partial charge in [0.25, 0.3) is 0 Å². The molecule has 4 nitrogen and oxygen atoms in total. The molecule has 2 heterocycles. The number of Topliss-reactive ketones (excluding diaryl/α,β-unsaturated/α-hetero) is 1. The minimum Gasteiger partial charge on any atom is -0.336 e. The van der Waals surface area contributed by atoms with Gasteiger partial charge in [-0.05, 0) is 50.9 Å². The van der Waals surface area contributed by atoms with E-state index in [1.54, 1.807) is 6.08 Å². The summed E-state index contributed by atoms with van der Waals surface area (Å²) in [6.45, 7) is 1.86. The van der Waals surface area contributed by atoms with Gasteiger partial charge in [0.2, 0.25) is 5.91 Å². The number of rotatable bonds is 6. The van der Waals surface area contributed by atoms with Crippen molar-refractivity contribution in [2.24, 2.45) is 0 Å². The van der Waals surface area contributed by atoms with Gasteiger partial charge in [0.05, 0.1) is 0 Å². The standard InChI is InChI=1S/C21H28N2O2/c1-22-13-5-9-18(22)15-20(24)16-19-10-6-14-23(19)21(25)12-11-17-7-3-2-4-8-17/h2-4,7-8,11-12,18-19H,5-6,9-10,13-16H2,1H3/b12-11+/t18-,19-/m0/s1. The van der Waals surface area contributed by atoms with Crippen molar-refractivity contribution in [3.8, 4) is 0 Å². The zero-order valence-corrected chi connectivity index (χ0v) is 15.1. The largest absolute Gasteiger partial charge is 0.336 e. The molecule has 0 saturated carbocycles. The van der Waals surface area contributed by atoms with E-state index in [0.717, 1.165) is 37.9 Å². The lowest BCUT2D eigenvalue weighted by atomic mass is 10.0. The number of hydrogen-bond acceptors (Lipinski definition) is 3. The number of carbonyl (C=O) groups is 2. The molecule has 1 aromatic rings. The first-order chi connectivity index (χ1) is 12.1. The minimum absolute atomic E-state index is 0.0251. The maximum absolute atomic E-state index is 12.5. The number of hydrogen-bond donors (Lipinski definition) is 0. The van der Waals surface area contributed by atoms with Crippen LogP contribution in [0.5, 0.6) is 0 Å². The van der Waals surface area contributed by atoms with E-state index >= 15 is 0 Å². The summed E-state index contributed by atoms with van der Waals surface area (Å²) in [4.78, 5) is 29.2. The van der Waals surface area contributed by atoms with E-state index in [-0.39, 0.29) is 11.9 Å². The smallest absolute Gasteiger partial charge is 0.246 e. The van der Waals surface area contributed by atoms with E-state index < -0.39 is 0 Å². The lowest BCUT2D eigenvalue weighted by Crippen LogP contribution is -2.36. The van der Waals surface area contributed by atoms with Gasteiger partial charge in [0.15, 0.2) is 0 Å². The van der Waals surface area contributed by atoms with Crippen LogP contribution in [0.4, 0.5) is 0 Å². The van der Waals surface area contributed by atoms with Crippen molar-refractivity contribution in [2.45, 2.75) is 50.6 Å². The summed E-state index contributed by atoms with van der Waals surface area (Å²) in [5.74, 6) is 0.327. The van der Waals surface area contributed by atoms with E-state index in [1.165, 1.54) is 6.42 Å². The number of carbonyl (C=O) groups excluding carboxylic acids is 2. The fourth-order valence-electron chi connectivity index (χ4n) is 4.01. The summed E-state index contributed by atoms with van der Waals surface area (Å²) >= 11 is 0. The van der Waals surface area contributed by atoms with Crippen molar-refractivity contribution in [3.05, 3.63) is 42.0 Å².